The molecule has 1 fully saturated rings. The van der Waals surface area contributed by atoms with Crippen molar-refractivity contribution in [2.24, 2.45) is 5.92 Å². The molecule has 8 heteroatoms. The molecule has 0 spiro atoms. The number of rotatable bonds is 7. The molecule has 0 aromatic heterocycles. The molecule has 4 N–H and O–H groups in total. The summed E-state index contributed by atoms with van der Waals surface area (Å²) in [7, 11) is -3.97. The van der Waals surface area contributed by atoms with Gasteiger partial charge in [-0.3, -0.25) is 4.72 Å². The summed E-state index contributed by atoms with van der Waals surface area (Å²) in [6, 6.07) is 10.2. The Morgan fingerprint density at radius 1 is 1.06 bits per heavy atom. The van der Waals surface area contributed by atoms with E-state index in [-0.39, 0.29) is 16.1 Å². The first-order chi connectivity index (χ1) is 15.0. The Hall–Kier alpha value is -2.58. The summed E-state index contributed by atoms with van der Waals surface area (Å²) in [5.74, 6) is -0.663. The van der Waals surface area contributed by atoms with Crippen molar-refractivity contribution in [3.05, 3.63) is 53.1 Å². The van der Waals surface area contributed by atoms with E-state index in [4.69, 9.17) is 0 Å². The molecule has 2 aromatic carbocycles. The van der Waals surface area contributed by atoms with Crippen molar-refractivity contribution in [3.8, 4) is 0 Å². The Kier molecular flexibility index (Phi) is 6.48. The monoisotopic (exact) mass is 443 g/mol. The lowest BCUT2D eigenvalue weighted by molar-refractivity contribution is 0.0696. The average Bonchev–Trinajstić information content (AvgIpc) is 2.78. The fraction of sp³-hybridized carbons (Fsp3) is 0.435. The number of fused-ring (bicyclic) bond motifs is 1. The van der Waals surface area contributed by atoms with Crippen LogP contribution in [0.15, 0.2) is 41.3 Å². The fourth-order valence-electron chi connectivity index (χ4n) is 4.56. The highest BCUT2D eigenvalue weighted by Gasteiger charge is 2.26. The standard InChI is InChI=1S/C23H29N3O4S/c27-23(28)22-18-8-2-1-7-17(18)11-12-20(22)26-31(29,30)21-10-4-3-9-19(21)25-15-16-6-5-13-24-14-16/h3-4,9-12,16,24-26H,1-2,5-8,13-15H2,(H,27,28)/t16-/m0/s1. The fourth-order valence-corrected chi connectivity index (χ4v) is 5.81. The lowest BCUT2D eigenvalue weighted by Gasteiger charge is -2.24. The smallest absolute Gasteiger partial charge is 0.338 e. The van der Waals surface area contributed by atoms with E-state index in [0.29, 0.717) is 24.6 Å². The van der Waals surface area contributed by atoms with Gasteiger partial charge >= 0.3 is 5.97 Å². The third-order valence-corrected chi connectivity index (χ3v) is 7.57. The molecule has 0 bridgehead atoms. The van der Waals surface area contributed by atoms with E-state index in [1.165, 1.54) is 0 Å². The zero-order chi connectivity index (χ0) is 21.8. The molecule has 1 atom stereocenters. The van der Waals surface area contributed by atoms with Crippen LogP contribution in [0, 0.1) is 5.92 Å². The molecular formula is C23H29N3O4S. The van der Waals surface area contributed by atoms with Crippen LogP contribution in [-0.2, 0) is 22.9 Å². The van der Waals surface area contributed by atoms with E-state index < -0.39 is 16.0 Å². The van der Waals surface area contributed by atoms with Gasteiger partial charge in [-0.1, -0.05) is 18.2 Å². The predicted octanol–water partition coefficient (Wildman–Crippen LogP) is 3.48. The summed E-state index contributed by atoms with van der Waals surface area (Å²) >= 11 is 0. The minimum Gasteiger partial charge on any atom is -0.478 e. The lowest BCUT2D eigenvalue weighted by Crippen LogP contribution is -2.33. The summed E-state index contributed by atoms with van der Waals surface area (Å²) < 4.78 is 29.1. The van der Waals surface area contributed by atoms with Crippen molar-refractivity contribution in [1.29, 1.82) is 0 Å². The second-order valence-electron chi connectivity index (χ2n) is 8.33. The number of para-hydroxylation sites is 1. The largest absolute Gasteiger partial charge is 0.478 e. The van der Waals surface area contributed by atoms with Crippen LogP contribution in [0.5, 0.6) is 0 Å². The van der Waals surface area contributed by atoms with Crippen molar-refractivity contribution < 1.29 is 18.3 Å². The SMILES string of the molecule is O=C(O)c1c(NS(=O)(=O)c2ccccc2NC[C@H]2CCCNC2)ccc2c1CCCC2. The highest BCUT2D eigenvalue weighted by Crippen LogP contribution is 2.32. The van der Waals surface area contributed by atoms with E-state index >= 15 is 0 Å². The maximum absolute atomic E-state index is 13.3. The van der Waals surface area contributed by atoms with Gasteiger partial charge in [0.1, 0.15) is 4.90 Å². The molecule has 1 aliphatic carbocycles. The Balaban J connectivity index is 1.61. The predicted molar refractivity (Wildman–Crippen MR) is 121 cm³/mol. The molecule has 0 saturated carbocycles. The van der Waals surface area contributed by atoms with E-state index in [1.54, 1.807) is 30.3 Å². The molecule has 4 rings (SSSR count). The molecule has 1 heterocycles. The molecule has 2 aliphatic rings. The van der Waals surface area contributed by atoms with Crippen molar-refractivity contribution in [3.63, 3.8) is 0 Å². The van der Waals surface area contributed by atoms with Gasteiger partial charge in [0.15, 0.2) is 0 Å². The zero-order valence-corrected chi connectivity index (χ0v) is 18.3. The van der Waals surface area contributed by atoms with Gasteiger partial charge in [-0.25, -0.2) is 13.2 Å². The maximum atomic E-state index is 13.3. The van der Waals surface area contributed by atoms with Crippen LogP contribution < -0.4 is 15.4 Å². The van der Waals surface area contributed by atoms with Gasteiger partial charge in [-0.2, -0.15) is 0 Å². The normalized spacial score (nSPS) is 18.8. The third-order valence-electron chi connectivity index (χ3n) is 6.15. The van der Waals surface area contributed by atoms with Gasteiger partial charge < -0.3 is 15.7 Å². The lowest BCUT2D eigenvalue weighted by atomic mass is 9.87. The number of sulfonamides is 1. The average molecular weight is 444 g/mol. The number of anilines is 2. The summed E-state index contributed by atoms with van der Waals surface area (Å²) in [4.78, 5) is 12.1. The highest BCUT2D eigenvalue weighted by atomic mass is 32.2. The van der Waals surface area contributed by atoms with Crippen molar-refractivity contribution >= 4 is 27.4 Å². The first-order valence-corrected chi connectivity index (χ1v) is 12.4. The molecular weight excluding hydrogens is 414 g/mol. The molecule has 1 aliphatic heterocycles. The first kappa shape index (κ1) is 21.6. The topological polar surface area (TPSA) is 108 Å². The summed E-state index contributed by atoms with van der Waals surface area (Å²) in [6.07, 6.45) is 5.62. The van der Waals surface area contributed by atoms with Gasteiger partial charge in [0, 0.05) is 6.54 Å². The summed E-state index contributed by atoms with van der Waals surface area (Å²) in [6.45, 7) is 2.62. The minimum atomic E-state index is -3.97. The van der Waals surface area contributed by atoms with E-state index in [2.05, 4.69) is 15.4 Å². The number of hydrogen-bond acceptors (Lipinski definition) is 5. The molecule has 0 unspecified atom stereocenters. The van der Waals surface area contributed by atoms with Crippen LogP contribution in [0.25, 0.3) is 0 Å². The summed E-state index contributed by atoms with van der Waals surface area (Å²) in [5, 5.41) is 16.5. The second-order valence-corrected chi connectivity index (χ2v) is 9.98. The quantitative estimate of drug-likeness (QED) is 0.522. The number of piperidine rings is 1. The minimum absolute atomic E-state index is 0.0690. The first-order valence-electron chi connectivity index (χ1n) is 10.9. The zero-order valence-electron chi connectivity index (χ0n) is 17.5. The number of carboxylic acid groups (broad SMARTS) is 1. The van der Waals surface area contributed by atoms with Crippen molar-refractivity contribution in [1.82, 2.24) is 5.32 Å². The molecule has 0 radical (unpaired) electrons. The van der Waals surface area contributed by atoms with Crippen LogP contribution in [0.3, 0.4) is 0 Å². The number of benzene rings is 2. The number of carbonyl (C=O) groups is 1. The van der Waals surface area contributed by atoms with Gasteiger partial charge in [0.05, 0.1) is 16.9 Å². The molecule has 0 amide bonds. The van der Waals surface area contributed by atoms with E-state index in [9.17, 15) is 18.3 Å². The van der Waals surface area contributed by atoms with Gasteiger partial charge in [0.25, 0.3) is 10.0 Å². The molecule has 31 heavy (non-hydrogen) atoms. The van der Waals surface area contributed by atoms with Gasteiger partial charge in [-0.15, -0.1) is 0 Å². The molecule has 7 nitrogen and oxygen atoms in total. The Bertz CT molecular complexity index is 1060. The van der Waals surface area contributed by atoms with Crippen LogP contribution in [-0.4, -0.2) is 39.1 Å². The van der Waals surface area contributed by atoms with Crippen LogP contribution >= 0.6 is 0 Å². The van der Waals surface area contributed by atoms with Crippen LogP contribution in [0.2, 0.25) is 0 Å². The second kappa shape index (κ2) is 9.28. The Morgan fingerprint density at radius 3 is 2.65 bits per heavy atom. The van der Waals surface area contributed by atoms with Crippen LogP contribution in [0.4, 0.5) is 11.4 Å². The Labute approximate surface area is 183 Å². The number of carboxylic acids is 1. The highest BCUT2D eigenvalue weighted by molar-refractivity contribution is 7.92. The van der Waals surface area contributed by atoms with Gasteiger partial charge in [-0.05, 0) is 86.9 Å². The summed E-state index contributed by atoms with van der Waals surface area (Å²) in [5.41, 5.74) is 2.46. The van der Waals surface area contributed by atoms with Crippen molar-refractivity contribution in [2.75, 3.05) is 29.7 Å². The Morgan fingerprint density at radius 2 is 1.87 bits per heavy atom. The molecule has 2 aromatic rings. The number of aryl methyl sites for hydroxylation is 1. The third kappa shape index (κ3) is 4.85. The maximum Gasteiger partial charge on any atom is 0.338 e. The molecule has 166 valence electrons. The number of aromatic carboxylic acids is 1. The number of nitrogens with one attached hydrogen (secondary N) is 3. The van der Waals surface area contributed by atoms with Crippen molar-refractivity contribution in [2.45, 2.75) is 43.4 Å². The van der Waals surface area contributed by atoms with E-state index in [1.807, 2.05) is 6.07 Å². The number of hydrogen-bond donors (Lipinski definition) is 4. The van der Waals surface area contributed by atoms with Gasteiger partial charge in [0.2, 0.25) is 0 Å². The molecule has 1 saturated heterocycles. The van der Waals surface area contributed by atoms with Crippen LogP contribution in [0.1, 0.15) is 47.2 Å². The van der Waals surface area contributed by atoms with E-state index in [0.717, 1.165) is 56.3 Å².